The van der Waals surface area contributed by atoms with Crippen LogP contribution in [0.15, 0.2) is 0 Å². The number of carbonyl (C=O) groups is 2. The molecular formula is C16H28ClN3O2. The van der Waals surface area contributed by atoms with Gasteiger partial charge in [-0.3, -0.25) is 9.59 Å². The summed E-state index contributed by atoms with van der Waals surface area (Å²) in [5, 5.41) is 3.61. The summed E-state index contributed by atoms with van der Waals surface area (Å²) in [5.74, 6) is 0.260. The standard InChI is InChI=1S/C16H27N3O2.ClH/c1-18(14-9-12-6-7-13(10-14)17-12)16(21)11-19-8-4-2-3-5-15(19)20;/h12-14,17H,2-11H2,1H3;1H. The summed E-state index contributed by atoms with van der Waals surface area (Å²) >= 11 is 0. The van der Waals surface area contributed by atoms with Gasteiger partial charge in [-0.05, 0) is 38.5 Å². The Morgan fingerprint density at radius 1 is 1.23 bits per heavy atom. The summed E-state index contributed by atoms with van der Waals surface area (Å²) in [5.41, 5.74) is 0. The summed E-state index contributed by atoms with van der Waals surface area (Å²) in [4.78, 5) is 28.2. The van der Waals surface area contributed by atoms with Gasteiger partial charge in [-0.15, -0.1) is 12.4 Å². The first-order chi connectivity index (χ1) is 10.1. The molecule has 3 heterocycles. The number of carbonyl (C=O) groups excluding carboxylic acids is 2. The summed E-state index contributed by atoms with van der Waals surface area (Å²) in [6.45, 7) is 1.02. The molecule has 0 aromatic heterocycles. The van der Waals surface area contributed by atoms with Crippen LogP contribution in [0.2, 0.25) is 0 Å². The van der Waals surface area contributed by atoms with E-state index in [1.54, 1.807) is 4.90 Å². The summed E-state index contributed by atoms with van der Waals surface area (Å²) in [7, 11) is 1.92. The lowest BCUT2D eigenvalue weighted by Crippen LogP contribution is -2.51. The Balaban J connectivity index is 0.00000176. The Kier molecular flexibility index (Phi) is 6.09. The van der Waals surface area contributed by atoms with E-state index in [2.05, 4.69) is 5.32 Å². The largest absolute Gasteiger partial charge is 0.341 e. The number of hydrogen-bond acceptors (Lipinski definition) is 3. The Hall–Kier alpha value is -0.810. The number of piperidine rings is 1. The van der Waals surface area contributed by atoms with Crippen LogP contribution in [0.4, 0.5) is 0 Å². The highest BCUT2D eigenvalue weighted by atomic mass is 35.5. The highest BCUT2D eigenvalue weighted by Crippen LogP contribution is 2.29. The van der Waals surface area contributed by atoms with E-state index in [1.807, 2.05) is 11.9 Å². The van der Waals surface area contributed by atoms with E-state index in [1.165, 1.54) is 12.8 Å². The number of likely N-dealkylation sites (N-methyl/N-ethyl adjacent to an activating group) is 1. The van der Waals surface area contributed by atoms with E-state index in [9.17, 15) is 9.59 Å². The zero-order valence-electron chi connectivity index (χ0n) is 13.4. The lowest BCUT2D eigenvalue weighted by molar-refractivity contribution is -0.141. The van der Waals surface area contributed by atoms with Crippen LogP contribution in [0.3, 0.4) is 0 Å². The molecule has 2 unspecified atom stereocenters. The van der Waals surface area contributed by atoms with Crippen molar-refractivity contribution in [2.45, 2.75) is 69.5 Å². The second-order valence-corrected chi connectivity index (χ2v) is 6.89. The summed E-state index contributed by atoms with van der Waals surface area (Å²) in [6.07, 6.45) is 8.32. The molecule has 22 heavy (non-hydrogen) atoms. The van der Waals surface area contributed by atoms with Crippen molar-refractivity contribution in [2.75, 3.05) is 20.1 Å². The highest BCUT2D eigenvalue weighted by molar-refractivity contribution is 5.85. The normalized spacial score (nSPS) is 31.4. The number of hydrogen-bond donors (Lipinski definition) is 1. The molecule has 3 rings (SSSR count). The Labute approximate surface area is 139 Å². The lowest BCUT2D eigenvalue weighted by atomic mass is 9.98. The zero-order valence-corrected chi connectivity index (χ0v) is 14.2. The van der Waals surface area contributed by atoms with E-state index in [-0.39, 0.29) is 30.8 Å². The van der Waals surface area contributed by atoms with Crippen LogP contribution in [0.25, 0.3) is 0 Å². The first kappa shape index (κ1) is 17.5. The molecular weight excluding hydrogens is 302 g/mol. The number of halogens is 1. The number of rotatable bonds is 3. The van der Waals surface area contributed by atoms with Gasteiger partial charge >= 0.3 is 0 Å². The zero-order chi connectivity index (χ0) is 14.8. The van der Waals surface area contributed by atoms with Gasteiger partial charge in [0.25, 0.3) is 0 Å². The van der Waals surface area contributed by atoms with Gasteiger partial charge in [0.15, 0.2) is 0 Å². The van der Waals surface area contributed by atoms with Gasteiger partial charge < -0.3 is 15.1 Å². The maximum atomic E-state index is 12.5. The highest BCUT2D eigenvalue weighted by Gasteiger charge is 2.36. The first-order valence-corrected chi connectivity index (χ1v) is 8.43. The van der Waals surface area contributed by atoms with Crippen LogP contribution in [0.1, 0.15) is 51.4 Å². The average Bonchev–Trinajstić information content (AvgIpc) is 2.68. The van der Waals surface area contributed by atoms with Gasteiger partial charge in [0.2, 0.25) is 11.8 Å². The average molecular weight is 330 g/mol. The molecule has 2 atom stereocenters. The number of nitrogens with one attached hydrogen (secondary N) is 1. The molecule has 0 spiro atoms. The molecule has 6 heteroatoms. The van der Waals surface area contributed by atoms with Crippen molar-refractivity contribution in [1.82, 2.24) is 15.1 Å². The van der Waals surface area contributed by atoms with Crippen LogP contribution in [-0.4, -0.2) is 59.9 Å². The molecule has 2 bridgehead atoms. The maximum Gasteiger partial charge on any atom is 0.242 e. The van der Waals surface area contributed by atoms with Gasteiger partial charge in [0.05, 0.1) is 6.54 Å². The molecule has 126 valence electrons. The fourth-order valence-electron chi connectivity index (χ4n) is 4.03. The molecule has 2 amide bonds. The first-order valence-electron chi connectivity index (χ1n) is 8.43. The van der Waals surface area contributed by atoms with Gasteiger partial charge in [-0.25, -0.2) is 0 Å². The lowest BCUT2D eigenvalue weighted by Gasteiger charge is -2.36. The fraction of sp³-hybridized carbons (Fsp3) is 0.875. The smallest absolute Gasteiger partial charge is 0.242 e. The van der Waals surface area contributed by atoms with Crippen molar-refractivity contribution < 1.29 is 9.59 Å². The number of likely N-dealkylation sites (tertiary alicyclic amines) is 1. The molecule has 3 fully saturated rings. The van der Waals surface area contributed by atoms with Crippen LogP contribution < -0.4 is 5.32 Å². The maximum absolute atomic E-state index is 12.5. The Morgan fingerprint density at radius 2 is 1.91 bits per heavy atom. The number of amides is 2. The van der Waals surface area contributed by atoms with E-state index in [0.29, 0.717) is 24.5 Å². The van der Waals surface area contributed by atoms with Crippen LogP contribution >= 0.6 is 12.4 Å². The third kappa shape index (κ3) is 3.93. The monoisotopic (exact) mass is 329 g/mol. The molecule has 1 N–H and O–H groups in total. The predicted octanol–water partition coefficient (Wildman–Crippen LogP) is 1.55. The van der Waals surface area contributed by atoms with Crippen LogP contribution in [0, 0.1) is 0 Å². The molecule has 3 aliphatic heterocycles. The van der Waals surface area contributed by atoms with Crippen molar-refractivity contribution >= 4 is 24.2 Å². The Morgan fingerprint density at radius 3 is 2.59 bits per heavy atom. The summed E-state index contributed by atoms with van der Waals surface area (Å²) < 4.78 is 0. The molecule has 0 aromatic carbocycles. The van der Waals surface area contributed by atoms with E-state index >= 15 is 0 Å². The van der Waals surface area contributed by atoms with Crippen molar-refractivity contribution in [3.05, 3.63) is 0 Å². The third-order valence-corrected chi connectivity index (χ3v) is 5.39. The van der Waals surface area contributed by atoms with E-state index in [0.717, 1.165) is 38.6 Å². The fourth-order valence-corrected chi connectivity index (χ4v) is 4.03. The minimum atomic E-state index is 0. The second kappa shape index (κ2) is 7.64. The minimum absolute atomic E-state index is 0. The minimum Gasteiger partial charge on any atom is -0.341 e. The molecule has 0 aromatic rings. The van der Waals surface area contributed by atoms with Gasteiger partial charge in [-0.1, -0.05) is 6.42 Å². The van der Waals surface area contributed by atoms with Crippen molar-refractivity contribution in [3.8, 4) is 0 Å². The van der Waals surface area contributed by atoms with Crippen LogP contribution in [-0.2, 0) is 9.59 Å². The quantitative estimate of drug-likeness (QED) is 0.854. The number of nitrogens with zero attached hydrogens (tertiary/aromatic N) is 2. The molecule has 0 saturated carbocycles. The van der Waals surface area contributed by atoms with Crippen molar-refractivity contribution in [1.29, 1.82) is 0 Å². The van der Waals surface area contributed by atoms with E-state index < -0.39 is 0 Å². The van der Waals surface area contributed by atoms with E-state index in [4.69, 9.17) is 0 Å². The number of fused-ring (bicyclic) bond motifs is 2. The second-order valence-electron chi connectivity index (χ2n) is 6.89. The molecule has 3 saturated heterocycles. The third-order valence-electron chi connectivity index (χ3n) is 5.39. The molecule has 3 aliphatic rings. The predicted molar refractivity (Wildman–Crippen MR) is 88.0 cm³/mol. The van der Waals surface area contributed by atoms with Gasteiger partial charge in [0, 0.05) is 38.1 Å². The molecule has 0 radical (unpaired) electrons. The van der Waals surface area contributed by atoms with Crippen molar-refractivity contribution in [2.24, 2.45) is 0 Å². The van der Waals surface area contributed by atoms with Gasteiger partial charge in [-0.2, -0.15) is 0 Å². The topological polar surface area (TPSA) is 52.7 Å². The summed E-state index contributed by atoms with van der Waals surface area (Å²) in [6, 6.07) is 1.52. The van der Waals surface area contributed by atoms with Crippen molar-refractivity contribution in [3.63, 3.8) is 0 Å². The van der Waals surface area contributed by atoms with Gasteiger partial charge in [0.1, 0.15) is 0 Å². The molecule has 5 nitrogen and oxygen atoms in total. The molecule has 0 aliphatic carbocycles. The van der Waals surface area contributed by atoms with Crippen LogP contribution in [0.5, 0.6) is 0 Å². The Bertz CT molecular complexity index is 406. The SMILES string of the molecule is CN(C(=O)CN1CCCCCC1=O)C1CC2CCC(C1)N2.Cl.